The minimum absolute atomic E-state index is 0.0850. The number of sulfonamides is 1. The van der Waals surface area contributed by atoms with E-state index in [2.05, 4.69) is 5.32 Å². The number of nitrogens with zero attached hydrogens (tertiary/aromatic N) is 2. The molecule has 0 saturated carbocycles. The highest BCUT2D eigenvalue weighted by atomic mass is 32.2. The van der Waals surface area contributed by atoms with Crippen molar-refractivity contribution in [3.63, 3.8) is 0 Å². The lowest BCUT2D eigenvalue weighted by molar-refractivity contribution is -0.139. The van der Waals surface area contributed by atoms with E-state index in [0.29, 0.717) is 17.9 Å². The molecule has 0 aliphatic carbocycles. The second kappa shape index (κ2) is 13.5. The number of para-hydroxylation sites is 1. The summed E-state index contributed by atoms with van der Waals surface area (Å²) in [7, 11) is -2.56. The molecular formula is C31H39N3O5S. The SMILES string of the molecule is CCc1ccccc1N(CC(=O)N(Cc1cccc(OC)c1)[C@H](C)C(=O)NC(C)C)S(=O)(=O)c1ccc(C)cc1. The van der Waals surface area contributed by atoms with Crippen LogP contribution in [0.5, 0.6) is 5.75 Å². The van der Waals surface area contributed by atoms with Crippen LogP contribution in [0.25, 0.3) is 0 Å². The molecule has 0 bridgehead atoms. The first-order chi connectivity index (χ1) is 19.0. The molecule has 3 rings (SSSR count). The highest BCUT2D eigenvalue weighted by Gasteiger charge is 2.33. The van der Waals surface area contributed by atoms with Gasteiger partial charge in [-0.15, -0.1) is 0 Å². The maximum atomic E-state index is 14.1. The number of benzene rings is 3. The van der Waals surface area contributed by atoms with E-state index in [4.69, 9.17) is 4.74 Å². The van der Waals surface area contributed by atoms with Gasteiger partial charge in [0.25, 0.3) is 10.0 Å². The Morgan fingerprint density at radius 2 is 1.62 bits per heavy atom. The van der Waals surface area contributed by atoms with Crippen LogP contribution >= 0.6 is 0 Å². The molecule has 0 heterocycles. The lowest BCUT2D eigenvalue weighted by Crippen LogP contribution is -2.52. The second-order valence-electron chi connectivity index (χ2n) is 10.0. The number of rotatable bonds is 12. The summed E-state index contributed by atoms with van der Waals surface area (Å²) in [5.41, 5.74) is 2.89. The molecule has 40 heavy (non-hydrogen) atoms. The molecule has 1 N–H and O–H groups in total. The van der Waals surface area contributed by atoms with Gasteiger partial charge in [-0.1, -0.05) is 55.0 Å². The number of hydrogen-bond donors (Lipinski definition) is 1. The summed E-state index contributed by atoms with van der Waals surface area (Å²) in [4.78, 5) is 28.6. The van der Waals surface area contributed by atoms with E-state index in [1.807, 2.05) is 45.9 Å². The lowest BCUT2D eigenvalue weighted by Gasteiger charge is -2.33. The van der Waals surface area contributed by atoms with E-state index >= 15 is 0 Å². The van der Waals surface area contributed by atoms with Crippen molar-refractivity contribution in [3.05, 3.63) is 89.5 Å². The molecule has 3 aromatic carbocycles. The van der Waals surface area contributed by atoms with Gasteiger partial charge in [0.2, 0.25) is 11.8 Å². The molecule has 0 unspecified atom stereocenters. The van der Waals surface area contributed by atoms with Crippen molar-refractivity contribution in [3.8, 4) is 5.75 Å². The molecule has 1 atom stereocenters. The van der Waals surface area contributed by atoms with E-state index in [0.717, 1.165) is 21.0 Å². The molecule has 9 heteroatoms. The van der Waals surface area contributed by atoms with Crippen molar-refractivity contribution in [2.45, 2.75) is 64.6 Å². The fourth-order valence-corrected chi connectivity index (χ4v) is 5.81. The summed E-state index contributed by atoms with van der Waals surface area (Å²) in [6.45, 7) is 8.77. The van der Waals surface area contributed by atoms with Crippen LogP contribution in [0.4, 0.5) is 5.69 Å². The number of aryl methyl sites for hydroxylation is 2. The van der Waals surface area contributed by atoms with Crippen LogP contribution in [0, 0.1) is 6.92 Å². The Labute approximate surface area is 238 Å². The Hall–Kier alpha value is -3.85. The van der Waals surface area contributed by atoms with E-state index in [-0.39, 0.29) is 23.4 Å². The summed E-state index contributed by atoms with van der Waals surface area (Å²) in [5.74, 6) is -0.214. The normalized spacial score (nSPS) is 12.1. The molecule has 0 aliphatic heterocycles. The molecule has 0 aromatic heterocycles. The summed E-state index contributed by atoms with van der Waals surface area (Å²) in [6, 6.07) is 19.9. The van der Waals surface area contributed by atoms with Gasteiger partial charge in [0.1, 0.15) is 18.3 Å². The summed E-state index contributed by atoms with van der Waals surface area (Å²) < 4.78 is 34.5. The average molecular weight is 566 g/mol. The Balaban J connectivity index is 2.07. The predicted octanol–water partition coefficient (Wildman–Crippen LogP) is 4.70. The summed E-state index contributed by atoms with van der Waals surface area (Å²) in [5, 5.41) is 2.86. The zero-order valence-electron chi connectivity index (χ0n) is 24.0. The minimum Gasteiger partial charge on any atom is -0.497 e. The zero-order chi connectivity index (χ0) is 29.4. The number of methoxy groups -OCH3 is 1. The number of hydrogen-bond acceptors (Lipinski definition) is 5. The summed E-state index contributed by atoms with van der Waals surface area (Å²) >= 11 is 0. The van der Waals surface area contributed by atoms with Gasteiger partial charge in [0.15, 0.2) is 0 Å². The van der Waals surface area contributed by atoms with Gasteiger partial charge in [-0.05, 0) is 75.6 Å². The van der Waals surface area contributed by atoms with E-state index in [1.165, 1.54) is 4.90 Å². The third kappa shape index (κ3) is 7.41. The standard InChI is InChI=1S/C31H39N3O5S/c1-7-26-12-8-9-14-29(26)34(40(37,38)28-17-15-23(4)16-18-28)21-30(35)33(24(5)31(36)32-22(2)3)20-25-11-10-13-27(19-25)39-6/h8-19,22,24H,7,20-21H2,1-6H3,(H,32,36)/t24-/m1/s1. The number of carbonyl (C=O) groups is 2. The van der Waals surface area contributed by atoms with Crippen molar-refractivity contribution in [1.82, 2.24) is 10.2 Å². The average Bonchev–Trinajstić information content (AvgIpc) is 2.94. The van der Waals surface area contributed by atoms with Crippen LogP contribution in [0.3, 0.4) is 0 Å². The molecule has 2 amide bonds. The van der Waals surface area contributed by atoms with E-state index in [9.17, 15) is 18.0 Å². The molecule has 0 saturated heterocycles. The Morgan fingerprint density at radius 1 is 0.950 bits per heavy atom. The molecular weight excluding hydrogens is 526 g/mol. The van der Waals surface area contributed by atoms with Gasteiger partial charge in [-0.2, -0.15) is 0 Å². The minimum atomic E-state index is -4.12. The van der Waals surface area contributed by atoms with Crippen LogP contribution < -0.4 is 14.4 Å². The fraction of sp³-hybridized carbons (Fsp3) is 0.355. The maximum Gasteiger partial charge on any atom is 0.264 e. The van der Waals surface area contributed by atoms with Gasteiger partial charge in [0.05, 0.1) is 17.7 Å². The Kier molecular flexibility index (Phi) is 10.3. The topological polar surface area (TPSA) is 96.0 Å². The first-order valence-corrected chi connectivity index (χ1v) is 14.8. The van der Waals surface area contributed by atoms with Crippen molar-refractivity contribution in [2.75, 3.05) is 18.0 Å². The molecule has 214 valence electrons. The monoisotopic (exact) mass is 565 g/mol. The van der Waals surface area contributed by atoms with Crippen molar-refractivity contribution < 1.29 is 22.7 Å². The van der Waals surface area contributed by atoms with Crippen LogP contribution in [0.2, 0.25) is 0 Å². The molecule has 0 aliphatic rings. The highest BCUT2D eigenvalue weighted by Crippen LogP contribution is 2.28. The van der Waals surface area contributed by atoms with Gasteiger partial charge in [-0.3, -0.25) is 13.9 Å². The first kappa shape index (κ1) is 30.7. The van der Waals surface area contributed by atoms with Crippen molar-refractivity contribution >= 4 is 27.5 Å². The largest absolute Gasteiger partial charge is 0.497 e. The number of nitrogens with one attached hydrogen (secondary N) is 1. The van der Waals surface area contributed by atoms with Crippen LogP contribution in [-0.2, 0) is 32.6 Å². The van der Waals surface area contributed by atoms with E-state index in [1.54, 1.807) is 68.6 Å². The number of carbonyl (C=O) groups excluding carboxylic acids is 2. The van der Waals surface area contributed by atoms with Crippen LogP contribution in [-0.4, -0.2) is 50.9 Å². The number of ether oxygens (including phenoxy) is 1. The van der Waals surface area contributed by atoms with Gasteiger partial charge < -0.3 is 15.0 Å². The first-order valence-electron chi connectivity index (χ1n) is 13.4. The smallest absolute Gasteiger partial charge is 0.264 e. The quantitative estimate of drug-likeness (QED) is 0.343. The molecule has 0 radical (unpaired) electrons. The van der Waals surface area contributed by atoms with E-state index < -0.39 is 28.5 Å². The van der Waals surface area contributed by atoms with Crippen LogP contribution in [0.1, 0.15) is 44.4 Å². The van der Waals surface area contributed by atoms with Gasteiger partial charge >= 0.3 is 0 Å². The number of amides is 2. The second-order valence-corrected chi connectivity index (χ2v) is 11.9. The summed E-state index contributed by atoms with van der Waals surface area (Å²) in [6.07, 6.45) is 0.574. The fourth-order valence-electron chi connectivity index (χ4n) is 4.36. The molecule has 8 nitrogen and oxygen atoms in total. The molecule has 0 fully saturated rings. The van der Waals surface area contributed by atoms with Gasteiger partial charge in [-0.25, -0.2) is 8.42 Å². The molecule has 0 spiro atoms. The zero-order valence-corrected chi connectivity index (χ0v) is 24.9. The predicted molar refractivity (Wildman–Crippen MR) is 158 cm³/mol. The van der Waals surface area contributed by atoms with Crippen LogP contribution in [0.15, 0.2) is 77.7 Å². The third-order valence-electron chi connectivity index (χ3n) is 6.61. The molecule has 3 aromatic rings. The number of anilines is 1. The van der Waals surface area contributed by atoms with Crippen molar-refractivity contribution in [1.29, 1.82) is 0 Å². The highest BCUT2D eigenvalue weighted by molar-refractivity contribution is 7.92. The van der Waals surface area contributed by atoms with Gasteiger partial charge in [0, 0.05) is 12.6 Å². The van der Waals surface area contributed by atoms with Crippen molar-refractivity contribution in [2.24, 2.45) is 0 Å². The maximum absolute atomic E-state index is 14.1. The third-order valence-corrected chi connectivity index (χ3v) is 8.39. The Morgan fingerprint density at radius 3 is 2.25 bits per heavy atom. The lowest BCUT2D eigenvalue weighted by atomic mass is 10.1. The Bertz CT molecular complexity index is 1420.